The van der Waals surface area contributed by atoms with Gasteiger partial charge >= 0.3 is 18.4 Å². The first-order chi connectivity index (χ1) is 18.5. The molecule has 2 aromatic heterocycles. The maximum atomic E-state index is 13.4. The minimum absolute atomic E-state index is 0.0646. The average molecular weight is 572 g/mol. The van der Waals surface area contributed by atoms with Crippen LogP contribution in [0.25, 0.3) is 11.2 Å². The van der Waals surface area contributed by atoms with Crippen molar-refractivity contribution in [3.8, 4) is 0 Å². The number of carbonyl (C=O) groups is 2. The summed E-state index contributed by atoms with van der Waals surface area (Å²) in [5.41, 5.74) is -3.26. The first-order valence-electron chi connectivity index (χ1n) is 12.4. The summed E-state index contributed by atoms with van der Waals surface area (Å²) < 4.78 is 87.1. The number of imidazole rings is 1. The molecule has 40 heavy (non-hydrogen) atoms. The molecule has 1 saturated heterocycles. The molecule has 0 atom stereocenters. The molecule has 0 unspecified atom stereocenters. The quantitative estimate of drug-likeness (QED) is 0.406. The number of aromatic nitrogens is 3. The molecular formula is C26H27F6N5O3. The predicted octanol–water partition coefficient (Wildman–Crippen LogP) is 5.14. The van der Waals surface area contributed by atoms with E-state index in [0.717, 1.165) is 0 Å². The van der Waals surface area contributed by atoms with Crippen molar-refractivity contribution in [1.82, 2.24) is 24.3 Å². The minimum Gasteiger partial charge on any atom is -0.444 e. The lowest BCUT2D eigenvalue weighted by Crippen LogP contribution is -2.52. The molecule has 14 heteroatoms. The number of nitrogens with zero attached hydrogens (tertiary/aromatic N) is 5. The Hall–Kier alpha value is -3.84. The van der Waals surface area contributed by atoms with Crippen LogP contribution < -0.4 is 0 Å². The highest BCUT2D eigenvalue weighted by molar-refractivity contribution is 5.80. The van der Waals surface area contributed by atoms with Gasteiger partial charge in [0.2, 0.25) is 5.91 Å². The van der Waals surface area contributed by atoms with Gasteiger partial charge in [0.05, 0.1) is 24.1 Å². The highest BCUT2D eigenvalue weighted by Gasteiger charge is 2.37. The standard InChI is InChI=1S/C26H27F6N5O3/c1-24(2,3)40-23(39)36-9-7-35(8-10-36)21(38)14-20-34-19-5-4-6-33-22(19)37(20)15-16-11-17(25(27,28)29)13-18(12-16)26(30,31)32/h4-6,11-13H,7-10,14-15H2,1-3H3. The van der Waals surface area contributed by atoms with Gasteiger partial charge in [0.25, 0.3) is 0 Å². The summed E-state index contributed by atoms with van der Waals surface area (Å²) in [6.45, 7) is 5.73. The lowest BCUT2D eigenvalue weighted by Gasteiger charge is -2.35. The summed E-state index contributed by atoms with van der Waals surface area (Å²) in [5.74, 6) is -0.223. The Labute approximate surface area is 225 Å². The molecule has 0 N–H and O–H groups in total. The molecule has 0 aliphatic carbocycles. The Morgan fingerprint density at radius 2 is 1.48 bits per heavy atom. The molecule has 8 nitrogen and oxygen atoms in total. The molecule has 1 aliphatic rings. The Bertz CT molecular complexity index is 1370. The van der Waals surface area contributed by atoms with Gasteiger partial charge in [-0.15, -0.1) is 0 Å². The van der Waals surface area contributed by atoms with Gasteiger partial charge < -0.3 is 19.1 Å². The molecule has 0 radical (unpaired) electrons. The molecular weight excluding hydrogens is 544 g/mol. The second-order valence-electron chi connectivity index (χ2n) is 10.4. The highest BCUT2D eigenvalue weighted by atomic mass is 19.4. The van der Waals surface area contributed by atoms with Crippen molar-refractivity contribution in [3.63, 3.8) is 0 Å². The van der Waals surface area contributed by atoms with Gasteiger partial charge in [-0.05, 0) is 56.7 Å². The van der Waals surface area contributed by atoms with E-state index in [1.165, 1.54) is 20.6 Å². The zero-order valence-corrected chi connectivity index (χ0v) is 21.9. The Morgan fingerprint density at radius 3 is 2.02 bits per heavy atom. The van der Waals surface area contributed by atoms with Gasteiger partial charge in [-0.2, -0.15) is 26.3 Å². The smallest absolute Gasteiger partial charge is 0.416 e. The Morgan fingerprint density at radius 1 is 0.900 bits per heavy atom. The lowest BCUT2D eigenvalue weighted by atomic mass is 10.0. The fourth-order valence-electron chi connectivity index (χ4n) is 4.31. The van der Waals surface area contributed by atoms with Crippen LogP contribution in [0.3, 0.4) is 0 Å². The third-order valence-electron chi connectivity index (χ3n) is 6.16. The average Bonchev–Trinajstić information content (AvgIpc) is 3.18. The summed E-state index contributed by atoms with van der Waals surface area (Å²) in [6.07, 6.45) is -9.34. The van der Waals surface area contributed by atoms with E-state index >= 15 is 0 Å². The van der Waals surface area contributed by atoms with Crippen LogP contribution in [0.15, 0.2) is 36.5 Å². The first kappa shape index (κ1) is 29.2. The zero-order chi connectivity index (χ0) is 29.5. The number of ether oxygens (including phenoxy) is 1. The molecule has 3 heterocycles. The minimum atomic E-state index is -4.99. The fraction of sp³-hybridized carbons (Fsp3) is 0.462. The molecule has 1 aromatic carbocycles. The Balaban J connectivity index is 1.58. The first-order valence-corrected chi connectivity index (χ1v) is 12.4. The number of hydrogen-bond acceptors (Lipinski definition) is 5. The monoisotopic (exact) mass is 571 g/mol. The molecule has 0 spiro atoms. The topological polar surface area (TPSA) is 80.6 Å². The predicted molar refractivity (Wildman–Crippen MR) is 131 cm³/mol. The van der Waals surface area contributed by atoms with Gasteiger partial charge in [0.1, 0.15) is 16.9 Å². The van der Waals surface area contributed by atoms with E-state index in [0.29, 0.717) is 17.6 Å². The number of halogens is 6. The fourth-order valence-corrected chi connectivity index (χ4v) is 4.31. The van der Waals surface area contributed by atoms with E-state index in [1.54, 1.807) is 32.9 Å². The number of carbonyl (C=O) groups excluding carboxylic acids is 2. The Kier molecular flexibility index (Phi) is 7.74. The van der Waals surface area contributed by atoms with Crippen LogP contribution in [-0.4, -0.2) is 68.1 Å². The van der Waals surface area contributed by atoms with E-state index in [2.05, 4.69) is 9.97 Å². The van der Waals surface area contributed by atoms with Crippen molar-refractivity contribution in [1.29, 1.82) is 0 Å². The maximum Gasteiger partial charge on any atom is 0.416 e. The number of hydrogen-bond donors (Lipinski definition) is 0. The molecule has 3 aromatic rings. The van der Waals surface area contributed by atoms with E-state index < -0.39 is 41.7 Å². The van der Waals surface area contributed by atoms with E-state index in [9.17, 15) is 35.9 Å². The largest absolute Gasteiger partial charge is 0.444 e. The van der Waals surface area contributed by atoms with Crippen LogP contribution in [0, 0.1) is 0 Å². The highest BCUT2D eigenvalue weighted by Crippen LogP contribution is 2.36. The van der Waals surface area contributed by atoms with E-state index in [4.69, 9.17) is 4.74 Å². The van der Waals surface area contributed by atoms with E-state index in [1.807, 2.05) is 0 Å². The number of alkyl halides is 6. The van der Waals surface area contributed by atoms with Crippen molar-refractivity contribution < 1.29 is 40.7 Å². The van der Waals surface area contributed by atoms with Crippen LogP contribution in [0.4, 0.5) is 31.1 Å². The molecule has 1 fully saturated rings. The molecule has 0 bridgehead atoms. The third kappa shape index (κ3) is 6.83. The number of rotatable bonds is 4. The van der Waals surface area contributed by atoms with Crippen molar-refractivity contribution in [2.24, 2.45) is 0 Å². The van der Waals surface area contributed by atoms with Crippen molar-refractivity contribution in [3.05, 3.63) is 59.0 Å². The second-order valence-corrected chi connectivity index (χ2v) is 10.4. The van der Waals surface area contributed by atoms with Crippen molar-refractivity contribution in [2.75, 3.05) is 26.2 Å². The zero-order valence-electron chi connectivity index (χ0n) is 21.9. The van der Waals surface area contributed by atoms with Gasteiger partial charge in [-0.1, -0.05) is 0 Å². The number of pyridine rings is 1. The summed E-state index contributed by atoms with van der Waals surface area (Å²) in [6, 6.07) is 4.51. The molecule has 2 amide bonds. The van der Waals surface area contributed by atoms with Gasteiger partial charge in [-0.3, -0.25) is 4.79 Å². The van der Waals surface area contributed by atoms with Crippen LogP contribution >= 0.6 is 0 Å². The number of fused-ring (bicyclic) bond motifs is 1. The summed E-state index contributed by atoms with van der Waals surface area (Å²) in [4.78, 5) is 37.0. The second kappa shape index (κ2) is 10.6. The van der Waals surface area contributed by atoms with Crippen LogP contribution in [0.1, 0.15) is 43.3 Å². The van der Waals surface area contributed by atoms with Crippen LogP contribution in [0.2, 0.25) is 0 Å². The van der Waals surface area contributed by atoms with E-state index in [-0.39, 0.29) is 61.6 Å². The molecule has 1 aliphatic heterocycles. The molecule has 216 valence electrons. The lowest BCUT2D eigenvalue weighted by molar-refractivity contribution is -0.143. The molecule has 0 saturated carbocycles. The molecule has 4 rings (SSSR count). The number of amides is 2. The van der Waals surface area contributed by atoms with Crippen LogP contribution in [-0.2, 0) is 34.8 Å². The van der Waals surface area contributed by atoms with Crippen molar-refractivity contribution in [2.45, 2.75) is 51.7 Å². The number of piperazine rings is 1. The maximum absolute atomic E-state index is 13.4. The third-order valence-corrected chi connectivity index (χ3v) is 6.16. The summed E-state index contributed by atoms with van der Waals surface area (Å²) in [7, 11) is 0. The van der Waals surface area contributed by atoms with Crippen molar-refractivity contribution >= 4 is 23.2 Å². The summed E-state index contributed by atoms with van der Waals surface area (Å²) in [5, 5.41) is 0. The van der Waals surface area contributed by atoms with Crippen LogP contribution in [0.5, 0.6) is 0 Å². The van der Waals surface area contributed by atoms with Gasteiger partial charge in [0.15, 0.2) is 5.65 Å². The number of benzene rings is 1. The normalized spacial score (nSPS) is 15.0. The summed E-state index contributed by atoms with van der Waals surface area (Å²) >= 11 is 0. The van der Waals surface area contributed by atoms with Gasteiger partial charge in [-0.25, -0.2) is 14.8 Å². The van der Waals surface area contributed by atoms with Gasteiger partial charge in [0, 0.05) is 32.4 Å². The SMILES string of the molecule is CC(C)(C)OC(=O)N1CCN(C(=O)Cc2nc3cccnc3n2Cc2cc(C(F)(F)F)cc(C(F)(F)F)c2)CC1.